The molecule has 0 saturated heterocycles. The summed E-state index contributed by atoms with van der Waals surface area (Å²) in [6.07, 6.45) is 6.69. The highest BCUT2D eigenvalue weighted by molar-refractivity contribution is 5.92. The van der Waals surface area contributed by atoms with Crippen molar-refractivity contribution in [3.63, 3.8) is 0 Å². The van der Waals surface area contributed by atoms with E-state index in [0.717, 1.165) is 23.7 Å². The molecule has 8 heteroatoms. The van der Waals surface area contributed by atoms with E-state index in [-0.39, 0.29) is 37.9 Å². The van der Waals surface area contributed by atoms with Crippen LogP contribution in [0.2, 0.25) is 0 Å². The van der Waals surface area contributed by atoms with Gasteiger partial charge in [-0.05, 0) is 54.9 Å². The molecule has 1 amide bonds. The standard InChI is InChI=1S/C24H31NO7/c26-5-6-28-7-8-29-23-13-18(16-3-4-20-21(11-16)31-14-30-20)12-22(32-23)24(27)25-19-10-15-1-2-17(19)9-15/h3-4,11-12,15,17-19,23,26H,1-2,5-10,13-14H2,(H,25,27). The third-order valence-corrected chi connectivity index (χ3v) is 6.93. The molecule has 5 unspecified atom stereocenters. The number of fused-ring (bicyclic) bond motifs is 3. The molecule has 4 aliphatic rings. The fraction of sp³-hybridized carbons (Fsp3) is 0.625. The minimum absolute atomic E-state index is 0.0256. The zero-order valence-electron chi connectivity index (χ0n) is 18.2. The van der Waals surface area contributed by atoms with Crippen LogP contribution in [0.5, 0.6) is 11.5 Å². The summed E-state index contributed by atoms with van der Waals surface area (Å²) in [5.74, 6) is 2.87. The number of carbonyl (C=O) groups is 1. The van der Waals surface area contributed by atoms with Crippen LogP contribution in [0.25, 0.3) is 0 Å². The van der Waals surface area contributed by atoms with Crippen molar-refractivity contribution in [2.45, 2.75) is 50.4 Å². The van der Waals surface area contributed by atoms with Crippen molar-refractivity contribution in [1.82, 2.24) is 5.32 Å². The van der Waals surface area contributed by atoms with Gasteiger partial charge in [-0.15, -0.1) is 0 Å². The van der Waals surface area contributed by atoms with Gasteiger partial charge in [0.25, 0.3) is 5.91 Å². The van der Waals surface area contributed by atoms with Crippen LogP contribution in [0.1, 0.15) is 43.6 Å². The molecule has 2 saturated carbocycles. The van der Waals surface area contributed by atoms with Crippen molar-refractivity contribution in [1.29, 1.82) is 0 Å². The summed E-state index contributed by atoms with van der Waals surface area (Å²) >= 11 is 0. The van der Waals surface area contributed by atoms with Crippen LogP contribution in [-0.2, 0) is 19.0 Å². The Kier molecular flexibility index (Phi) is 6.52. The molecule has 1 aromatic carbocycles. The predicted octanol–water partition coefficient (Wildman–Crippen LogP) is 2.46. The normalized spacial score (nSPS) is 30.2. The molecule has 2 N–H and O–H groups in total. The summed E-state index contributed by atoms with van der Waals surface area (Å²) in [7, 11) is 0. The largest absolute Gasteiger partial charge is 0.459 e. The van der Waals surface area contributed by atoms with Gasteiger partial charge in [-0.3, -0.25) is 4.79 Å². The highest BCUT2D eigenvalue weighted by atomic mass is 16.7. The fourth-order valence-corrected chi connectivity index (χ4v) is 5.36. The number of benzene rings is 1. The number of aliphatic hydroxyl groups is 1. The van der Waals surface area contributed by atoms with Crippen molar-refractivity contribution in [2.75, 3.05) is 33.2 Å². The second-order valence-electron chi connectivity index (χ2n) is 8.99. The molecule has 8 nitrogen and oxygen atoms in total. The number of hydrogen-bond donors (Lipinski definition) is 2. The zero-order chi connectivity index (χ0) is 21.9. The van der Waals surface area contributed by atoms with E-state index in [2.05, 4.69) is 5.32 Å². The molecule has 1 aromatic rings. The lowest BCUT2D eigenvalue weighted by molar-refractivity contribution is -0.151. The fourth-order valence-electron chi connectivity index (χ4n) is 5.36. The first-order chi connectivity index (χ1) is 15.7. The van der Waals surface area contributed by atoms with Crippen LogP contribution in [0, 0.1) is 11.8 Å². The van der Waals surface area contributed by atoms with Gasteiger partial charge in [-0.1, -0.05) is 12.5 Å². The van der Waals surface area contributed by atoms with Gasteiger partial charge in [0.15, 0.2) is 17.3 Å². The van der Waals surface area contributed by atoms with Crippen LogP contribution in [0.15, 0.2) is 30.0 Å². The monoisotopic (exact) mass is 445 g/mol. The molecular formula is C24H31NO7. The molecule has 0 radical (unpaired) electrons. The van der Waals surface area contributed by atoms with Gasteiger partial charge in [0.05, 0.1) is 26.4 Å². The Hall–Kier alpha value is -2.29. The second-order valence-corrected chi connectivity index (χ2v) is 8.99. The molecule has 174 valence electrons. The zero-order valence-corrected chi connectivity index (χ0v) is 18.2. The number of amides is 1. The lowest BCUT2D eigenvalue weighted by atomic mass is 9.92. The lowest BCUT2D eigenvalue weighted by Gasteiger charge is -2.30. The maximum atomic E-state index is 13.1. The second kappa shape index (κ2) is 9.68. The summed E-state index contributed by atoms with van der Waals surface area (Å²) < 4.78 is 28.0. The first-order valence-corrected chi connectivity index (χ1v) is 11.6. The van der Waals surface area contributed by atoms with Gasteiger partial charge >= 0.3 is 0 Å². The van der Waals surface area contributed by atoms with Crippen molar-refractivity contribution in [3.05, 3.63) is 35.6 Å². The van der Waals surface area contributed by atoms with Crippen molar-refractivity contribution < 1.29 is 33.6 Å². The highest BCUT2D eigenvalue weighted by Crippen LogP contribution is 2.44. The maximum Gasteiger partial charge on any atom is 0.286 e. The van der Waals surface area contributed by atoms with E-state index in [4.69, 9.17) is 28.8 Å². The summed E-state index contributed by atoms with van der Waals surface area (Å²) in [4.78, 5) is 13.1. The Balaban J connectivity index is 1.28. The van der Waals surface area contributed by atoms with Gasteiger partial charge in [0.2, 0.25) is 13.1 Å². The van der Waals surface area contributed by atoms with Crippen LogP contribution >= 0.6 is 0 Å². The van der Waals surface area contributed by atoms with Crippen LogP contribution in [0.3, 0.4) is 0 Å². The highest BCUT2D eigenvalue weighted by Gasteiger charge is 2.41. The van der Waals surface area contributed by atoms with Gasteiger partial charge < -0.3 is 34.1 Å². The van der Waals surface area contributed by atoms with E-state index in [0.29, 0.717) is 37.1 Å². The van der Waals surface area contributed by atoms with Gasteiger partial charge in [0.1, 0.15) is 0 Å². The molecule has 2 heterocycles. The average Bonchev–Trinajstić information content (AvgIpc) is 3.55. The predicted molar refractivity (Wildman–Crippen MR) is 114 cm³/mol. The maximum absolute atomic E-state index is 13.1. The summed E-state index contributed by atoms with van der Waals surface area (Å²) in [5, 5.41) is 12.0. The van der Waals surface area contributed by atoms with Crippen LogP contribution in [-0.4, -0.2) is 56.6 Å². The molecule has 32 heavy (non-hydrogen) atoms. The minimum Gasteiger partial charge on any atom is -0.459 e. The molecule has 0 spiro atoms. The number of aliphatic hydroxyl groups excluding tert-OH is 1. The molecular weight excluding hydrogens is 414 g/mol. The number of hydrogen-bond acceptors (Lipinski definition) is 7. The van der Waals surface area contributed by atoms with Crippen molar-refractivity contribution in [2.24, 2.45) is 11.8 Å². The topological polar surface area (TPSA) is 95.5 Å². The van der Waals surface area contributed by atoms with E-state index in [1.54, 1.807) is 0 Å². The van der Waals surface area contributed by atoms with Gasteiger partial charge in [0, 0.05) is 18.4 Å². The molecule has 5 atom stereocenters. The number of nitrogens with one attached hydrogen (secondary N) is 1. The van der Waals surface area contributed by atoms with Crippen LogP contribution < -0.4 is 14.8 Å². The van der Waals surface area contributed by atoms with E-state index in [1.807, 2.05) is 24.3 Å². The Morgan fingerprint density at radius 2 is 2.00 bits per heavy atom. The average molecular weight is 446 g/mol. The summed E-state index contributed by atoms with van der Waals surface area (Å²) in [5.41, 5.74) is 1.02. The quantitative estimate of drug-likeness (QED) is 0.564. The van der Waals surface area contributed by atoms with E-state index in [9.17, 15) is 4.79 Å². The smallest absolute Gasteiger partial charge is 0.286 e. The van der Waals surface area contributed by atoms with Gasteiger partial charge in [-0.2, -0.15) is 0 Å². The van der Waals surface area contributed by atoms with E-state index < -0.39 is 6.29 Å². The van der Waals surface area contributed by atoms with Gasteiger partial charge in [-0.25, -0.2) is 0 Å². The Morgan fingerprint density at radius 3 is 2.81 bits per heavy atom. The van der Waals surface area contributed by atoms with Crippen LogP contribution in [0.4, 0.5) is 0 Å². The molecule has 2 fully saturated rings. The number of carbonyl (C=O) groups excluding carboxylic acids is 1. The number of ether oxygens (including phenoxy) is 5. The third kappa shape index (κ3) is 4.72. The Bertz CT molecular complexity index is 857. The molecule has 2 aliphatic carbocycles. The number of allylic oxidation sites excluding steroid dienone is 1. The lowest BCUT2D eigenvalue weighted by Crippen LogP contribution is -2.41. The Labute approximate surface area is 187 Å². The SMILES string of the molecule is O=C(NC1CC2CCC1C2)C1=CC(c2ccc3c(c2)OCO3)CC(OCCOCCO)O1. The van der Waals surface area contributed by atoms with Crippen molar-refractivity contribution in [3.8, 4) is 11.5 Å². The third-order valence-electron chi connectivity index (χ3n) is 6.93. The summed E-state index contributed by atoms with van der Waals surface area (Å²) in [6.45, 7) is 1.14. The molecule has 0 aromatic heterocycles. The van der Waals surface area contributed by atoms with E-state index >= 15 is 0 Å². The minimum atomic E-state index is -0.561. The molecule has 5 rings (SSSR count). The van der Waals surface area contributed by atoms with E-state index in [1.165, 1.54) is 19.3 Å². The molecule has 2 aliphatic heterocycles. The number of rotatable bonds is 9. The first kappa shape index (κ1) is 21.6. The summed E-state index contributed by atoms with van der Waals surface area (Å²) in [6, 6.07) is 6.09. The first-order valence-electron chi connectivity index (χ1n) is 11.6. The van der Waals surface area contributed by atoms with Crippen molar-refractivity contribution >= 4 is 5.91 Å². The Morgan fingerprint density at radius 1 is 1.09 bits per heavy atom. The molecule has 2 bridgehead atoms.